The maximum atomic E-state index is 6.35. The summed E-state index contributed by atoms with van der Waals surface area (Å²) < 4.78 is 0. The molecule has 0 spiro atoms. The minimum atomic E-state index is 0.239. The number of unbranched alkanes of at least 4 members (excludes halogenated alkanes) is 1. The Balaban J connectivity index is 0.00000106. The van der Waals surface area contributed by atoms with Gasteiger partial charge in [-0.3, -0.25) is 0 Å². The van der Waals surface area contributed by atoms with E-state index in [-0.39, 0.29) is 5.54 Å². The third kappa shape index (κ3) is 4.86. The van der Waals surface area contributed by atoms with Gasteiger partial charge in [-0.2, -0.15) is 0 Å². The van der Waals surface area contributed by atoms with E-state index in [0.717, 1.165) is 11.8 Å². The van der Waals surface area contributed by atoms with Crippen molar-refractivity contribution in [3.8, 4) is 0 Å². The molecule has 16 heavy (non-hydrogen) atoms. The topological polar surface area (TPSA) is 26.0 Å². The number of hydrogen-bond acceptors (Lipinski definition) is 1. The number of rotatable bonds is 7. The Morgan fingerprint density at radius 1 is 1.06 bits per heavy atom. The van der Waals surface area contributed by atoms with Gasteiger partial charge in [-0.15, -0.1) is 0 Å². The van der Waals surface area contributed by atoms with Crippen LogP contribution < -0.4 is 5.73 Å². The van der Waals surface area contributed by atoms with Crippen molar-refractivity contribution < 1.29 is 0 Å². The molecule has 0 saturated heterocycles. The third-order valence-corrected chi connectivity index (χ3v) is 3.87. The van der Waals surface area contributed by atoms with Crippen molar-refractivity contribution in [2.24, 2.45) is 17.6 Å². The largest absolute Gasteiger partial charge is 0.325 e. The first-order valence-corrected chi connectivity index (χ1v) is 7.43. The highest BCUT2D eigenvalue weighted by atomic mass is 14.8. The quantitative estimate of drug-likeness (QED) is 0.667. The summed E-state index contributed by atoms with van der Waals surface area (Å²) in [6.07, 6.45) is 9.24. The summed E-state index contributed by atoms with van der Waals surface area (Å²) in [5.41, 5.74) is 6.59. The van der Waals surface area contributed by atoms with E-state index in [0.29, 0.717) is 0 Å². The average molecular weight is 227 g/mol. The fourth-order valence-corrected chi connectivity index (χ4v) is 2.69. The minimum Gasteiger partial charge on any atom is -0.325 e. The molecule has 1 aliphatic carbocycles. The van der Waals surface area contributed by atoms with Crippen molar-refractivity contribution in [3.05, 3.63) is 0 Å². The van der Waals surface area contributed by atoms with Crippen LogP contribution in [0.2, 0.25) is 0 Å². The summed E-state index contributed by atoms with van der Waals surface area (Å²) >= 11 is 0. The van der Waals surface area contributed by atoms with Crippen molar-refractivity contribution >= 4 is 0 Å². The summed E-state index contributed by atoms with van der Waals surface area (Å²) in [5.74, 6) is 1.63. The van der Waals surface area contributed by atoms with Crippen LogP contribution in [-0.4, -0.2) is 5.54 Å². The molecule has 0 aromatic rings. The Labute approximate surface area is 103 Å². The van der Waals surface area contributed by atoms with Crippen LogP contribution >= 0.6 is 0 Å². The predicted molar refractivity (Wildman–Crippen MR) is 74.6 cm³/mol. The Morgan fingerprint density at radius 2 is 1.62 bits per heavy atom. The van der Waals surface area contributed by atoms with Crippen molar-refractivity contribution in [1.82, 2.24) is 0 Å². The molecule has 0 aliphatic heterocycles. The Morgan fingerprint density at radius 3 is 2.00 bits per heavy atom. The molecule has 2 N–H and O–H groups in total. The van der Waals surface area contributed by atoms with Crippen LogP contribution in [0.25, 0.3) is 0 Å². The molecule has 1 aliphatic rings. The van der Waals surface area contributed by atoms with E-state index in [1.54, 1.807) is 0 Å². The standard InChI is InChI=1S/C13H27N.C2H6/c1-4-6-8-11(3)12(7-5-2)13(14)9-10-13;1-2/h11-12H,4-10,14H2,1-3H3;1-2H3. The van der Waals surface area contributed by atoms with Crippen molar-refractivity contribution in [1.29, 1.82) is 0 Å². The highest BCUT2D eigenvalue weighted by Gasteiger charge is 2.46. The SMILES string of the molecule is CC.CCCCC(C)C(CCC)C1(N)CC1. The lowest BCUT2D eigenvalue weighted by Gasteiger charge is -2.29. The van der Waals surface area contributed by atoms with Gasteiger partial charge in [0.25, 0.3) is 0 Å². The Kier molecular flexibility index (Phi) is 8.09. The molecule has 1 heteroatoms. The molecule has 2 unspecified atom stereocenters. The van der Waals surface area contributed by atoms with Crippen LogP contribution in [-0.2, 0) is 0 Å². The zero-order valence-corrected chi connectivity index (χ0v) is 12.2. The monoisotopic (exact) mass is 227 g/mol. The van der Waals surface area contributed by atoms with Crippen LogP contribution in [0.5, 0.6) is 0 Å². The molecule has 1 rings (SSSR count). The molecule has 0 heterocycles. The summed E-state index contributed by atoms with van der Waals surface area (Å²) in [6, 6.07) is 0. The van der Waals surface area contributed by atoms with E-state index in [1.165, 1.54) is 44.9 Å². The molecule has 2 atom stereocenters. The van der Waals surface area contributed by atoms with Gasteiger partial charge in [0.15, 0.2) is 0 Å². The maximum absolute atomic E-state index is 6.35. The van der Waals surface area contributed by atoms with E-state index >= 15 is 0 Å². The lowest BCUT2D eigenvalue weighted by molar-refractivity contribution is 0.247. The van der Waals surface area contributed by atoms with Gasteiger partial charge in [0.1, 0.15) is 0 Å². The van der Waals surface area contributed by atoms with Gasteiger partial charge in [0.05, 0.1) is 0 Å². The number of nitrogens with two attached hydrogens (primary N) is 1. The smallest absolute Gasteiger partial charge is 0.0186 e. The van der Waals surface area contributed by atoms with E-state index in [2.05, 4.69) is 20.8 Å². The first-order chi connectivity index (χ1) is 7.64. The first kappa shape index (κ1) is 16.0. The van der Waals surface area contributed by atoms with Crippen LogP contribution in [0, 0.1) is 11.8 Å². The van der Waals surface area contributed by atoms with Gasteiger partial charge in [-0.1, -0.05) is 60.3 Å². The second-order valence-corrected chi connectivity index (χ2v) is 5.25. The summed E-state index contributed by atoms with van der Waals surface area (Å²) in [5, 5.41) is 0. The molecule has 0 amide bonds. The predicted octanol–water partition coefficient (Wildman–Crippen LogP) is 4.75. The van der Waals surface area contributed by atoms with Gasteiger partial charge in [-0.05, 0) is 31.1 Å². The van der Waals surface area contributed by atoms with Crippen molar-refractivity contribution in [2.45, 2.75) is 85.1 Å². The molecular weight excluding hydrogens is 194 g/mol. The zero-order valence-electron chi connectivity index (χ0n) is 12.2. The molecule has 0 aromatic carbocycles. The van der Waals surface area contributed by atoms with E-state index < -0.39 is 0 Å². The van der Waals surface area contributed by atoms with Crippen LogP contribution in [0.3, 0.4) is 0 Å². The molecule has 1 fully saturated rings. The second kappa shape index (κ2) is 8.11. The Hall–Kier alpha value is -0.0400. The minimum absolute atomic E-state index is 0.239. The van der Waals surface area contributed by atoms with E-state index in [1.807, 2.05) is 13.8 Å². The first-order valence-electron chi connectivity index (χ1n) is 7.43. The van der Waals surface area contributed by atoms with Crippen LogP contribution in [0.15, 0.2) is 0 Å². The molecule has 0 aromatic heterocycles. The summed E-state index contributed by atoms with van der Waals surface area (Å²) in [7, 11) is 0. The molecule has 1 nitrogen and oxygen atoms in total. The summed E-state index contributed by atoms with van der Waals surface area (Å²) in [6.45, 7) is 11.0. The fourth-order valence-electron chi connectivity index (χ4n) is 2.69. The van der Waals surface area contributed by atoms with Gasteiger partial charge >= 0.3 is 0 Å². The van der Waals surface area contributed by atoms with Crippen LogP contribution in [0.1, 0.15) is 79.6 Å². The average Bonchev–Trinajstić information content (AvgIpc) is 3.04. The van der Waals surface area contributed by atoms with Crippen molar-refractivity contribution in [3.63, 3.8) is 0 Å². The van der Waals surface area contributed by atoms with Gasteiger partial charge < -0.3 is 5.73 Å². The van der Waals surface area contributed by atoms with Gasteiger partial charge in [0, 0.05) is 5.54 Å². The summed E-state index contributed by atoms with van der Waals surface area (Å²) in [4.78, 5) is 0. The molecule has 1 saturated carbocycles. The van der Waals surface area contributed by atoms with Crippen LogP contribution in [0.4, 0.5) is 0 Å². The fraction of sp³-hybridized carbons (Fsp3) is 1.00. The van der Waals surface area contributed by atoms with Crippen molar-refractivity contribution in [2.75, 3.05) is 0 Å². The molecular formula is C15H33N. The van der Waals surface area contributed by atoms with Gasteiger partial charge in [0.2, 0.25) is 0 Å². The lowest BCUT2D eigenvalue weighted by Crippen LogP contribution is -2.36. The second-order valence-electron chi connectivity index (χ2n) is 5.25. The number of hydrogen-bond donors (Lipinski definition) is 1. The highest BCUT2D eigenvalue weighted by molar-refractivity contribution is 5.04. The Bertz CT molecular complexity index is 161. The highest BCUT2D eigenvalue weighted by Crippen LogP contribution is 2.46. The normalized spacial score (nSPS) is 20.6. The third-order valence-electron chi connectivity index (χ3n) is 3.87. The molecule has 0 bridgehead atoms. The lowest BCUT2D eigenvalue weighted by atomic mass is 9.80. The maximum Gasteiger partial charge on any atom is 0.0186 e. The molecule has 0 radical (unpaired) electrons. The zero-order chi connectivity index (χ0) is 12.6. The van der Waals surface area contributed by atoms with E-state index in [4.69, 9.17) is 5.73 Å². The molecule has 98 valence electrons. The van der Waals surface area contributed by atoms with E-state index in [9.17, 15) is 0 Å². The van der Waals surface area contributed by atoms with Gasteiger partial charge in [-0.25, -0.2) is 0 Å².